The van der Waals surface area contributed by atoms with Crippen LogP contribution in [0, 0.1) is 5.41 Å². The van der Waals surface area contributed by atoms with Crippen molar-refractivity contribution >= 4 is 29.2 Å². The Morgan fingerprint density at radius 3 is 2.44 bits per heavy atom. The number of nitrogens with one attached hydrogen (secondary N) is 3. The van der Waals surface area contributed by atoms with Crippen LogP contribution in [0.3, 0.4) is 0 Å². The average molecular weight is 548 g/mol. The molecule has 1 aromatic carbocycles. The number of nitrogens with zero attached hydrogens (tertiary/aromatic N) is 3. The maximum absolute atomic E-state index is 14.2. The number of hydrogen-bond acceptors (Lipinski definition) is 10. The Morgan fingerprint density at radius 1 is 1.23 bits per heavy atom. The number of anilines is 2. The van der Waals surface area contributed by atoms with Crippen LogP contribution in [0.5, 0.6) is 5.75 Å². The van der Waals surface area contributed by atoms with Crippen molar-refractivity contribution in [2.75, 3.05) is 57.5 Å². The molecule has 5 N–H and O–H groups in total. The normalized spacial score (nSPS) is 19.4. The number of nitrogens with two attached hydrogens (primary N) is 1. The molecule has 0 saturated carbocycles. The van der Waals surface area contributed by atoms with Crippen LogP contribution in [0.25, 0.3) is 0 Å². The monoisotopic (exact) mass is 547 g/mol. The summed E-state index contributed by atoms with van der Waals surface area (Å²) in [4.78, 5) is 49.2. The van der Waals surface area contributed by atoms with Gasteiger partial charge < -0.3 is 30.4 Å². The number of amides is 2. The number of hydroxylamine groups is 2. The van der Waals surface area contributed by atoms with Crippen molar-refractivity contribution in [1.82, 2.24) is 20.6 Å². The number of ether oxygens (including phenoxy) is 1. The van der Waals surface area contributed by atoms with Crippen molar-refractivity contribution in [1.29, 1.82) is 0 Å². The van der Waals surface area contributed by atoms with E-state index in [0.29, 0.717) is 35.8 Å². The van der Waals surface area contributed by atoms with Crippen LogP contribution in [0.15, 0.2) is 12.1 Å². The Hall–Kier alpha value is -2.93. The second kappa shape index (κ2) is 12.1. The van der Waals surface area contributed by atoms with Gasteiger partial charge in [-0.15, -0.1) is 5.06 Å². The summed E-state index contributed by atoms with van der Waals surface area (Å²) < 4.78 is 6.11. The van der Waals surface area contributed by atoms with Gasteiger partial charge in [-0.25, -0.2) is 4.79 Å². The van der Waals surface area contributed by atoms with Gasteiger partial charge in [0, 0.05) is 44.8 Å². The van der Waals surface area contributed by atoms with E-state index in [2.05, 4.69) is 16.0 Å². The minimum absolute atomic E-state index is 0.124. The highest BCUT2D eigenvalue weighted by Crippen LogP contribution is 2.41. The number of carbonyl (C=O) groups excluding carboxylic acids is 3. The third-order valence-electron chi connectivity index (χ3n) is 7.12. The number of carbonyl (C=O) groups is 3. The molecular formula is C27H45N7O5. The number of benzene rings is 1. The van der Waals surface area contributed by atoms with Crippen LogP contribution in [-0.2, 0) is 14.4 Å². The molecule has 1 aromatic rings. The molecular weight excluding hydrogens is 502 g/mol. The molecule has 0 spiro atoms. The van der Waals surface area contributed by atoms with Gasteiger partial charge in [0.15, 0.2) is 0 Å². The summed E-state index contributed by atoms with van der Waals surface area (Å²) in [5.41, 5.74) is 6.69. The highest BCUT2D eigenvalue weighted by Gasteiger charge is 2.47. The SMILES string of the molecule is CNc1cc2c(cc1C(=O)N(C(C)C)[C@@H]1CCCN(OC(=O)C(C)(C)C)C1)N(CCN)C(=O)C(NC)(NC)O2. The standard InChI is InChI=1S/C27H45N7O5/c1-17(2)34(18-10-9-12-32(16-18)39-25(37)26(3,4)5)23(35)19-14-21-22(15-20(19)29-6)38-27(30-7,31-8)24(36)33(21)13-11-28/h14-15,17-18,29-31H,9-13,16,28H2,1-8H3/t18-/m1/s1. The van der Waals surface area contributed by atoms with Gasteiger partial charge in [0.1, 0.15) is 5.75 Å². The zero-order valence-electron chi connectivity index (χ0n) is 24.5. The third-order valence-corrected chi connectivity index (χ3v) is 7.12. The van der Waals surface area contributed by atoms with Crippen molar-refractivity contribution in [3.63, 3.8) is 0 Å². The Kier molecular flexibility index (Phi) is 9.47. The Morgan fingerprint density at radius 2 is 1.90 bits per heavy atom. The second-order valence-electron chi connectivity index (χ2n) is 11.3. The molecule has 12 nitrogen and oxygen atoms in total. The highest BCUT2D eigenvalue weighted by atomic mass is 16.7. The molecule has 3 rings (SSSR count). The van der Waals surface area contributed by atoms with Gasteiger partial charge in [-0.3, -0.25) is 20.2 Å². The molecule has 0 radical (unpaired) electrons. The second-order valence-corrected chi connectivity index (χ2v) is 11.3. The number of piperidine rings is 1. The Balaban J connectivity index is 1.99. The topological polar surface area (TPSA) is 142 Å². The van der Waals surface area contributed by atoms with Crippen LogP contribution < -0.4 is 31.3 Å². The molecule has 2 aliphatic rings. The van der Waals surface area contributed by atoms with E-state index >= 15 is 0 Å². The molecule has 1 fully saturated rings. The van der Waals surface area contributed by atoms with Crippen LogP contribution >= 0.6 is 0 Å². The molecule has 2 heterocycles. The molecule has 0 unspecified atom stereocenters. The van der Waals surface area contributed by atoms with E-state index in [1.807, 2.05) is 39.5 Å². The summed E-state index contributed by atoms with van der Waals surface area (Å²) >= 11 is 0. The predicted octanol–water partition coefficient (Wildman–Crippen LogP) is 1.32. The highest BCUT2D eigenvalue weighted by molar-refractivity contribution is 6.06. The molecule has 0 bridgehead atoms. The van der Waals surface area contributed by atoms with Crippen molar-refractivity contribution in [3.05, 3.63) is 17.7 Å². The number of hydrogen-bond donors (Lipinski definition) is 4. The molecule has 39 heavy (non-hydrogen) atoms. The van der Waals surface area contributed by atoms with E-state index in [9.17, 15) is 14.4 Å². The Labute approximate surface area is 231 Å². The van der Waals surface area contributed by atoms with Crippen molar-refractivity contribution in [2.24, 2.45) is 11.1 Å². The van der Waals surface area contributed by atoms with Gasteiger partial charge in [-0.2, -0.15) is 0 Å². The van der Waals surface area contributed by atoms with Gasteiger partial charge in [0.05, 0.1) is 28.9 Å². The van der Waals surface area contributed by atoms with Gasteiger partial charge in [0.2, 0.25) is 0 Å². The summed E-state index contributed by atoms with van der Waals surface area (Å²) in [6, 6.07) is 3.14. The summed E-state index contributed by atoms with van der Waals surface area (Å²) in [7, 11) is 4.99. The first kappa shape index (κ1) is 30.6. The van der Waals surface area contributed by atoms with Gasteiger partial charge >= 0.3 is 11.9 Å². The van der Waals surface area contributed by atoms with Gasteiger partial charge in [-0.05, 0) is 67.6 Å². The van der Waals surface area contributed by atoms with E-state index in [1.165, 1.54) is 4.90 Å². The molecule has 2 amide bonds. The fourth-order valence-corrected chi connectivity index (χ4v) is 4.99. The summed E-state index contributed by atoms with van der Waals surface area (Å²) in [5.74, 6) is -1.88. The van der Waals surface area contributed by atoms with E-state index < -0.39 is 11.3 Å². The van der Waals surface area contributed by atoms with Crippen molar-refractivity contribution < 1.29 is 24.0 Å². The number of fused-ring (bicyclic) bond motifs is 1. The first-order valence-corrected chi connectivity index (χ1v) is 13.6. The lowest BCUT2D eigenvalue weighted by Gasteiger charge is -2.43. The van der Waals surface area contributed by atoms with E-state index in [1.54, 1.807) is 38.3 Å². The van der Waals surface area contributed by atoms with Crippen LogP contribution in [0.2, 0.25) is 0 Å². The maximum Gasteiger partial charge on any atom is 0.330 e. The quantitative estimate of drug-likeness (QED) is 0.335. The number of rotatable bonds is 9. The molecule has 0 aliphatic carbocycles. The molecule has 1 saturated heterocycles. The molecule has 0 aromatic heterocycles. The van der Waals surface area contributed by atoms with E-state index in [-0.39, 0.29) is 43.0 Å². The largest absolute Gasteiger partial charge is 0.448 e. The average Bonchev–Trinajstić information content (AvgIpc) is 2.89. The minimum atomic E-state index is -1.46. The molecule has 12 heteroatoms. The Bertz CT molecular complexity index is 1070. The van der Waals surface area contributed by atoms with Crippen LogP contribution in [0.4, 0.5) is 11.4 Å². The summed E-state index contributed by atoms with van der Waals surface area (Å²) in [6.07, 6.45) is 1.56. The fourth-order valence-electron chi connectivity index (χ4n) is 4.99. The summed E-state index contributed by atoms with van der Waals surface area (Å²) in [5, 5.41) is 10.6. The van der Waals surface area contributed by atoms with E-state index in [0.717, 1.165) is 12.8 Å². The van der Waals surface area contributed by atoms with E-state index in [4.69, 9.17) is 15.3 Å². The van der Waals surface area contributed by atoms with Gasteiger partial charge in [-0.1, -0.05) is 0 Å². The number of likely N-dealkylation sites (N-methyl/N-ethyl adjacent to an activating group) is 2. The first-order valence-electron chi connectivity index (χ1n) is 13.6. The first-order chi connectivity index (χ1) is 18.3. The maximum atomic E-state index is 14.2. The van der Waals surface area contributed by atoms with Crippen LogP contribution in [-0.4, -0.2) is 93.0 Å². The zero-order chi connectivity index (χ0) is 29.1. The molecule has 1 atom stereocenters. The van der Waals surface area contributed by atoms with Crippen molar-refractivity contribution in [3.8, 4) is 5.75 Å². The minimum Gasteiger partial charge on any atom is -0.448 e. The lowest BCUT2D eigenvalue weighted by molar-refractivity contribution is -0.208. The molecule has 218 valence electrons. The summed E-state index contributed by atoms with van der Waals surface area (Å²) in [6.45, 7) is 10.9. The third kappa shape index (κ3) is 6.13. The van der Waals surface area contributed by atoms with Crippen LogP contribution in [0.1, 0.15) is 57.8 Å². The lowest BCUT2D eigenvalue weighted by atomic mass is 9.97. The van der Waals surface area contributed by atoms with Crippen molar-refractivity contribution in [2.45, 2.75) is 65.4 Å². The van der Waals surface area contributed by atoms with Gasteiger partial charge in [0.25, 0.3) is 11.8 Å². The molecule has 2 aliphatic heterocycles. The zero-order valence-corrected chi connectivity index (χ0v) is 24.5. The fraction of sp³-hybridized carbons (Fsp3) is 0.667. The lowest BCUT2D eigenvalue weighted by Crippen LogP contribution is -2.70. The predicted molar refractivity (Wildman–Crippen MR) is 150 cm³/mol. The smallest absolute Gasteiger partial charge is 0.330 e.